The van der Waals surface area contributed by atoms with E-state index in [0.29, 0.717) is 31.2 Å². The molecule has 12 heteroatoms. The van der Waals surface area contributed by atoms with Gasteiger partial charge in [-0.15, -0.1) is 0 Å². The number of nitrogens with zero attached hydrogens (tertiary/aromatic N) is 5. The normalized spacial score (nSPS) is 15.5. The Kier molecular flexibility index (Phi) is 6.56. The second kappa shape index (κ2) is 8.96. The number of hydrogen-bond donors (Lipinski definition) is 1. The summed E-state index contributed by atoms with van der Waals surface area (Å²) in [6, 6.07) is 1.27. The van der Waals surface area contributed by atoms with Crippen LogP contribution in [0.4, 0.5) is 0 Å². The Bertz CT molecular complexity index is 1020. The summed E-state index contributed by atoms with van der Waals surface area (Å²) in [7, 11) is -2.21. The zero-order valence-corrected chi connectivity index (χ0v) is 17.9. The summed E-state index contributed by atoms with van der Waals surface area (Å²) in [6.45, 7) is 2.96. The van der Waals surface area contributed by atoms with Gasteiger partial charge in [0.1, 0.15) is 10.6 Å². The maximum absolute atomic E-state index is 12.8. The smallest absolute Gasteiger partial charge is 0.265 e. The molecule has 1 aliphatic rings. The second-order valence-corrected chi connectivity index (χ2v) is 9.11. The van der Waals surface area contributed by atoms with Gasteiger partial charge in [-0.3, -0.25) is 9.59 Å². The molecular weight excluding hydrogens is 412 g/mol. The molecule has 1 fully saturated rings. The van der Waals surface area contributed by atoms with Crippen LogP contribution in [0.1, 0.15) is 42.0 Å². The van der Waals surface area contributed by atoms with Crippen molar-refractivity contribution in [1.82, 2.24) is 23.9 Å². The molecule has 11 nitrogen and oxygen atoms in total. The third-order valence-electron chi connectivity index (χ3n) is 5.00. The molecule has 30 heavy (non-hydrogen) atoms. The third kappa shape index (κ3) is 4.70. The van der Waals surface area contributed by atoms with E-state index in [-0.39, 0.29) is 36.0 Å². The molecule has 0 spiro atoms. The van der Waals surface area contributed by atoms with Crippen molar-refractivity contribution in [3.63, 3.8) is 0 Å². The standard InChI is InChI=1S/C18H26N6O5S/c1-3-4-15-20-16(29-21-15)5-6-17(25)23-7-9-24(10-8-23)30(27,28)13-11-14(18(19)26)22(2)12-13/h11-12H,3-10H2,1-2H3,(H2,19,26). The molecule has 2 amide bonds. The van der Waals surface area contributed by atoms with Crippen LogP contribution in [0, 0.1) is 0 Å². The quantitative estimate of drug-likeness (QED) is 0.607. The fraction of sp³-hybridized carbons (Fsp3) is 0.556. The van der Waals surface area contributed by atoms with Gasteiger partial charge in [0, 0.05) is 58.7 Å². The molecule has 0 atom stereocenters. The molecule has 3 heterocycles. The maximum atomic E-state index is 12.8. The molecule has 0 bridgehead atoms. The Labute approximate surface area is 174 Å². The van der Waals surface area contributed by atoms with Crippen LogP contribution < -0.4 is 5.73 Å². The van der Waals surface area contributed by atoms with Crippen LogP contribution >= 0.6 is 0 Å². The number of nitrogens with two attached hydrogens (primary N) is 1. The topological polar surface area (TPSA) is 145 Å². The first-order chi connectivity index (χ1) is 14.2. The first kappa shape index (κ1) is 22.0. The van der Waals surface area contributed by atoms with Gasteiger partial charge in [-0.1, -0.05) is 12.1 Å². The van der Waals surface area contributed by atoms with Gasteiger partial charge in [0.25, 0.3) is 5.91 Å². The average Bonchev–Trinajstić information content (AvgIpc) is 3.33. The number of primary amides is 1. The fourth-order valence-electron chi connectivity index (χ4n) is 3.34. The number of rotatable bonds is 8. The van der Waals surface area contributed by atoms with Crippen LogP contribution in [0.5, 0.6) is 0 Å². The SMILES string of the molecule is CCCc1noc(CCC(=O)N2CCN(S(=O)(=O)c3cc(C(N)=O)n(C)c3)CC2)n1. The zero-order chi connectivity index (χ0) is 21.9. The number of hydrogen-bond acceptors (Lipinski definition) is 7. The second-order valence-electron chi connectivity index (χ2n) is 7.18. The summed E-state index contributed by atoms with van der Waals surface area (Å²) < 4.78 is 33.5. The fourth-order valence-corrected chi connectivity index (χ4v) is 4.83. The maximum Gasteiger partial charge on any atom is 0.265 e. The minimum absolute atomic E-state index is 0.0119. The summed E-state index contributed by atoms with van der Waals surface area (Å²) in [5.74, 6) is 0.289. The molecule has 0 aliphatic carbocycles. The van der Waals surface area contributed by atoms with Gasteiger partial charge >= 0.3 is 0 Å². The highest BCUT2D eigenvalue weighted by molar-refractivity contribution is 7.89. The Morgan fingerprint density at radius 1 is 1.20 bits per heavy atom. The minimum atomic E-state index is -3.77. The van der Waals surface area contributed by atoms with E-state index in [1.165, 1.54) is 21.1 Å². The Morgan fingerprint density at radius 2 is 1.90 bits per heavy atom. The molecule has 164 valence electrons. The molecule has 3 rings (SSSR count). The Morgan fingerprint density at radius 3 is 2.50 bits per heavy atom. The molecule has 2 aromatic rings. The van der Waals surface area contributed by atoms with Crippen molar-refractivity contribution < 1.29 is 22.5 Å². The highest BCUT2D eigenvalue weighted by Crippen LogP contribution is 2.20. The molecule has 0 unspecified atom stereocenters. The summed E-state index contributed by atoms with van der Waals surface area (Å²) in [4.78, 5) is 29.7. The molecule has 2 N–H and O–H groups in total. The molecule has 1 saturated heterocycles. The van der Waals surface area contributed by atoms with Gasteiger partial charge in [-0.25, -0.2) is 8.42 Å². The van der Waals surface area contributed by atoms with Gasteiger partial charge in [-0.2, -0.15) is 9.29 Å². The lowest BCUT2D eigenvalue weighted by Gasteiger charge is -2.33. The van der Waals surface area contributed by atoms with Crippen LogP contribution in [0.25, 0.3) is 0 Å². The van der Waals surface area contributed by atoms with Crippen LogP contribution in [0.15, 0.2) is 21.7 Å². The molecule has 1 aliphatic heterocycles. The summed E-state index contributed by atoms with van der Waals surface area (Å²) in [5.41, 5.74) is 5.38. The summed E-state index contributed by atoms with van der Waals surface area (Å²) >= 11 is 0. The molecule has 0 saturated carbocycles. The highest BCUT2D eigenvalue weighted by atomic mass is 32.2. The van der Waals surface area contributed by atoms with Crippen molar-refractivity contribution >= 4 is 21.8 Å². The monoisotopic (exact) mass is 438 g/mol. The Balaban J connectivity index is 1.55. The number of aromatic nitrogens is 3. The van der Waals surface area contributed by atoms with E-state index in [0.717, 1.165) is 12.8 Å². The third-order valence-corrected chi connectivity index (χ3v) is 6.86. The van der Waals surface area contributed by atoms with E-state index in [1.807, 2.05) is 6.92 Å². The van der Waals surface area contributed by atoms with E-state index in [9.17, 15) is 18.0 Å². The minimum Gasteiger partial charge on any atom is -0.364 e. The summed E-state index contributed by atoms with van der Waals surface area (Å²) in [5, 5.41) is 3.87. The molecule has 0 radical (unpaired) electrons. The Hall–Kier alpha value is -2.73. The number of aryl methyl sites for hydroxylation is 3. The summed E-state index contributed by atoms with van der Waals surface area (Å²) in [6.07, 6.45) is 3.59. The first-order valence-corrected chi connectivity index (χ1v) is 11.2. The number of sulfonamides is 1. The van der Waals surface area contributed by atoms with Gasteiger partial charge < -0.3 is 19.7 Å². The number of carbonyl (C=O) groups is 2. The van der Waals surface area contributed by atoms with E-state index >= 15 is 0 Å². The van der Waals surface area contributed by atoms with Crippen LogP contribution in [0.2, 0.25) is 0 Å². The van der Waals surface area contributed by atoms with Crippen LogP contribution in [0.3, 0.4) is 0 Å². The van der Waals surface area contributed by atoms with Crippen molar-refractivity contribution in [2.45, 2.75) is 37.5 Å². The lowest BCUT2D eigenvalue weighted by Crippen LogP contribution is -2.50. The molecule has 0 aromatic carbocycles. The highest BCUT2D eigenvalue weighted by Gasteiger charge is 2.31. The van der Waals surface area contributed by atoms with Crippen LogP contribution in [-0.2, 0) is 34.7 Å². The molecule has 2 aromatic heterocycles. The average molecular weight is 439 g/mol. The van der Waals surface area contributed by atoms with Gasteiger partial charge in [0.2, 0.25) is 21.8 Å². The first-order valence-electron chi connectivity index (χ1n) is 9.78. The lowest BCUT2D eigenvalue weighted by atomic mass is 10.2. The van der Waals surface area contributed by atoms with Gasteiger partial charge in [0.05, 0.1) is 0 Å². The van der Waals surface area contributed by atoms with E-state index in [4.69, 9.17) is 10.3 Å². The van der Waals surface area contributed by atoms with E-state index < -0.39 is 15.9 Å². The largest absolute Gasteiger partial charge is 0.364 e. The van der Waals surface area contributed by atoms with Crippen molar-refractivity contribution in [3.8, 4) is 0 Å². The van der Waals surface area contributed by atoms with Gasteiger partial charge in [-0.05, 0) is 12.5 Å². The van der Waals surface area contributed by atoms with Gasteiger partial charge in [0.15, 0.2) is 5.82 Å². The predicted molar refractivity (Wildman–Crippen MR) is 106 cm³/mol. The van der Waals surface area contributed by atoms with Crippen molar-refractivity contribution in [3.05, 3.63) is 29.7 Å². The van der Waals surface area contributed by atoms with Crippen LogP contribution in [-0.4, -0.2) is 70.3 Å². The zero-order valence-electron chi connectivity index (χ0n) is 17.1. The number of amides is 2. The molecular formula is C18H26N6O5S. The predicted octanol–water partition coefficient (Wildman–Crippen LogP) is -0.0748. The number of piperazine rings is 1. The van der Waals surface area contributed by atoms with Crippen molar-refractivity contribution in [1.29, 1.82) is 0 Å². The van der Waals surface area contributed by atoms with E-state index in [2.05, 4.69) is 10.1 Å². The van der Waals surface area contributed by atoms with Crippen molar-refractivity contribution in [2.24, 2.45) is 12.8 Å². The lowest BCUT2D eigenvalue weighted by molar-refractivity contribution is -0.132. The van der Waals surface area contributed by atoms with E-state index in [1.54, 1.807) is 11.9 Å². The number of carbonyl (C=O) groups excluding carboxylic acids is 2. The van der Waals surface area contributed by atoms with Crippen molar-refractivity contribution in [2.75, 3.05) is 26.2 Å².